The van der Waals surface area contributed by atoms with Crippen LogP contribution in [0.5, 0.6) is 0 Å². The number of alkyl halides is 2. The van der Waals surface area contributed by atoms with E-state index in [9.17, 15) is 8.78 Å². The van der Waals surface area contributed by atoms with Crippen LogP contribution in [0.3, 0.4) is 0 Å². The Morgan fingerprint density at radius 2 is 1.92 bits per heavy atom. The van der Waals surface area contributed by atoms with Crippen molar-refractivity contribution in [1.82, 2.24) is 0 Å². The molecule has 0 atom stereocenters. The van der Waals surface area contributed by atoms with E-state index in [2.05, 4.69) is 15.9 Å². The molecular weight excluding hydrogens is 228 g/mol. The van der Waals surface area contributed by atoms with Gasteiger partial charge in [0.1, 0.15) is 0 Å². The van der Waals surface area contributed by atoms with Gasteiger partial charge in [0, 0.05) is 22.6 Å². The minimum Gasteiger partial charge on any atom is -0.399 e. The first-order valence-corrected chi connectivity index (χ1v) is 4.13. The lowest BCUT2D eigenvalue weighted by Crippen LogP contribution is -2.07. The van der Waals surface area contributed by atoms with Gasteiger partial charge in [-0.1, -0.05) is 15.9 Å². The second kappa shape index (κ2) is 3.01. The van der Waals surface area contributed by atoms with E-state index in [0.717, 1.165) is 6.92 Å². The maximum absolute atomic E-state index is 12.7. The van der Waals surface area contributed by atoms with E-state index in [1.165, 1.54) is 12.1 Å². The fourth-order valence-electron chi connectivity index (χ4n) is 0.866. The minimum atomic E-state index is -2.84. The summed E-state index contributed by atoms with van der Waals surface area (Å²) in [5, 5.41) is 0. The third kappa shape index (κ3) is 2.17. The normalized spacial score (nSPS) is 11.7. The molecule has 0 amide bonds. The van der Waals surface area contributed by atoms with Gasteiger partial charge >= 0.3 is 0 Å². The summed E-state index contributed by atoms with van der Waals surface area (Å²) in [6.07, 6.45) is 0. The van der Waals surface area contributed by atoms with Crippen molar-refractivity contribution in [3.05, 3.63) is 28.2 Å². The molecule has 1 nitrogen and oxygen atoms in total. The first-order valence-electron chi connectivity index (χ1n) is 3.34. The highest BCUT2D eigenvalue weighted by molar-refractivity contribution is 9.10. The number of rotatable bonds is 1. The molecule has 2 N–H and O–H groups in total. The smallest absolute Gasteiger partial charge is 0.270 e. The van der Waals surface area contributed by atoms with Crippen LogP contribution in [0.2, 0.25) is 0 Å². The third-order valence-corrected chi connectivity index (χ3v) is 1.88. The van der Waals surface area contributed by atoms with E-state index in [1.54, 1.807) is 6.07 Å². The summed E-state index contributed by atoms with van der Waals surface area (Å²) >= 11 is 3.09. The molecule has 0 bridgehead atoms. The zero-order chi connectivity index (χ0) is 9.35. The number of hydrogen-bond acceptors (Lipinski definition) is 1. The van der Waals surface area contributed by atoms with Crippen molar-refractivity contribution in [3.63, 3.8) is 0 Å². The summed E-state index contributed by atoms with van der Waals surface area (Å²) < 4.78 is 26.0. The standard InChI is InChI=1S/C8H8BrF2N/c1-8(10,11)5-2-6(9)4-7(12)3-5/h2-4H,12H2,1H3. The molecule has 0 fully saturated rings. The fraction of sp³-hybridized carbons (Fsp3) is 0.250. The van der Waals surface area contributed by atoms with Gasteiger partial charge in [0.25, 0.3) is 5.92 Å². The molecule has 0 radical (unpaired) electrons. The van der Waals surface area contributed by atoms with Crippen molar-refractivity contribution < 1.29 is 8.78 Å². The van der Waals surface area contributed by atoms with E-state index in [-0.39, 0.29) is 5.56 Å². The van der Waals surface area contributed by atoms with Gasteiger partial charge < -0.3 is 5.73 Å². The van der Waals surface area contributed by atoms with Crippen LogP contribution in [-0.4, -0.2) is 0 Å². The maximum atomic E-state index is 12.7. The average Bonchev–Trinajstić information content (AvgIpc) is 1.82. The highest BCUT2D eigenvalue weighted by Crippen LogP contribution is 2.30. The molecule has 0 aromatic heterocycles. The molecular formula is C8H8BrF2N. The molecule has 0 aliphatic rings. The molecule has 1 aromatic carbocycles. The van der Waals surface area contributed by atoms with Gasteiger partial charge in [-0.25, -0.2) is 8.78 Å². The first kappa shape index (κ1) is 9.45. The van der Waals surface area contributed by atoms with Gasteiger partial charge in [0.05, 0.1) is 0 Å². The Morgan fingerprint density at radius 1 is 1.33 bits per heavy atom. The van der Waals surface area contributed by atoms with Crippen molar-refractivity contribution in [3.8, 4) is 0 Å². The average molecular weight is 236 g/mol. The number of anilines is 1. The molecule has 0 saturated carbocycles. The molecule has 4 heteroatoms. The number of hydrogen-bond donors (Lipinski definition) is 1. The van der Waals surface area contributed by atoms with Gasteiger partial charge in [-0.05, 0) is 18.2 Å². The highest BCUT2D eigenvalue weighted by Gasteiger charge is 2.24. The van der Waals surface area contributed by atoms with Crippen molar-refractivity contribution in [2.75, 3.05) is 5.73 Å². The van der Waals surface area contributed by atoms with E-state index < -0.39 is 5.92 Å². The fourth-order valence-corrected chi connectivity index (χ4v) is 1.38. The molecule has 0 aliphatic heterocycles. The van der Waals surface area contributed by atoms with Crippen molar-refractivity contribution in [2.24, 2.45) is 0 Å². The molecule has 12 heavy (non-hydrogen) atoms. The Morgan fingerprint density at radius 3 is 2.33 bits per heavy atom. The Labute approximate surface area is 77.7 Å². The highest BCUT2D eigenvalue weighted by atomic mass is 79.9. The van der Waals surface area contributed by atoms with Gasteiger partial charge in [0.2, 0.25) is 0 Å². The van der Waals surface area contributed by atoms with E-state index in [4.69, 9.17) is 5.73 Å². The van der Waals surface area contributed by atoms with E-state index in [0.29, 0.717) is 10.2 Å². The van der Waals surface area contributed by atoms with Crippen LogP contribution >= 0.6 is 15.9 Å². The number of nitrogen functional groups attached to an aromatic ring is 1. The summed E-state index contributed by atoms with van der Waals surface area (Å²) in [6, 6.07) is 4.20. The van der Waals surface area contributed by atoms with Crippen LogP contribution in [0, 0.1) is 0 Å². The lowest BCUT2D eigenvalue weighted by Gasteiger charge is -2.11. The number of nitrogens with two attached hydrogens (primary N) is 1. The van der Waals surface area contributed by atoms with Crippen molar-refractivity contribution >= 4 is 21.6 Å². The quantitative estimate of drug-likeness (QED) is 0.744. The summed E-state index contributed by atoms with van der Waals surface area (Å²) in [5.74, 6) is -2.84. The Hall–Kier alpha value is -0.640. The van der Waals surface area contributed by atoms with Crippen molar-refractivity contribution in [2.45, 2.75) is 12.8 Å². The van der Waals surface area contributed by atoms with Crippen LogP contribution in [0.1, 0.15) is 12.5 Å². The first-order chi connectivity index (χ1) is 5.39. The Bertz CT molecular complexity index is 273. The van der Waals surface area contributed by atoms with Crippen molar-refractivity contribution in [1.29, 1.82) is 0 Å². The van der Waals surface area contributed by atoms with Gasteiger partial charge in [-0.3, -0.25) is 0 Å². The lowest BCUT2D eigenvalue weighted by molar-refractivity contribution is 0.0175. The number of benzene rings is 1. The third-order valence-electron chi connectivity index (χ3n) is 1.43. The summed E-state index contributed by atoms with van der Waals surface area (Å²) in [6.45, 7) is 0.841. The second-order valence-corrected chi connectivity index (χ2v) is 3.58. The minimum absolute atomic E-state index is 0.0747. The van der Waals surface area contributed by atoms with Crippen LogP contribution < -0.4 is 5.73 Å². The van der Waals surface area contributed by atoms with Gasteiger partial charge in [0.15, 0.2) is 0 Å². The molecule has 66 valence electrons. The topological polar surface area (TPSA) is 26.0 Å². The molecule has 0 spiro atoms. The van der Waals surface area contributed by atoms with Crippen LogP contribution in [-0.2, 0) is 5.92 Å². The molecule has 1 rings (SSSR count). The molecule has 1 aromatic rings. The van der Waals surface area contributed by atoms with Crippen LogP contribution in [0.15, 0.2) is 22.7 Å². The second-order valence-electron chi connectivity index (χ2n) is 2.66. The van der Waals surface area contributed by atoms with Gasteiger partial charge in [-0.15, -0.1) is 0 Å². The largest absolute Gasteiger partial charge is 0.399 e. The van der Waals surface area contributed by atoms with Crippen LogP contribution in [0.4, 0.5) is 14.5 Å². The SMILES string of the molecule is CC(F)(F)c1cc(N)cc(Br)c1. The summed E-state index contributed by atoms with van der Waals surface area (Å²) in [7, 11) is 0. The summed E-state index contributed by atoms with van der Waals surface area (Å²) in [4.78, 5) is 0. The molecule has 0 heterocycles. The number of halogens is 3. The zero-order valence-electron chi connectivity index (χ0n) is 6.44. The molecule has 0 saturated heterocycles. The van der Waals surface area contributed by atoms with E-state index >= 15 is 0 Å². The molecule has 0 aliphatic carbocycles. The predicted octanol–water partition coefficient (Wildman–Crippen LogP) is 3.14. The van der Waals surface area contributed by atoms with Crippen LogP contribution in [0.25, 0.3) is 0 Å². The monoisotopic (exact) mass is 235 g/mol. The predicted molar refractivity (Wildman–Crippen MR) is 48.1 cm³/mol. The molecule has 0 unspecified atom stereocenters. The summed E-state index contributed by atoms with van der Waals surface area (Å²) in [5.41, 5.74) is 5.65. The Balaban J connectivity index is 3.18. The Kier molecular flexibility index (Phi) is 2.37. The zero-order valence-corrected chi connectivity index (χ0v) is 8.03. The maximum Gasteiger partial charge on any atom is 0.270 e. The van der Waals surface area contributed by atoms with Gasteiger partial charge in [-0.2, -0.15) is 0 Å². The van der Waals surface area contributed by atoms with E-state index in [1.807, 2.05) is 0 Å². The lowest BCUT2D eigenvalue weighted by atomic mass is 10.1.